The standard InChI is InChI=1S/C12H6O3.C8H6S/c13-11-9-6-5-7-3-1-2-4-8(7)10(9)12(14)15-11;1-2-4-8-7(3-1)5-6-9-8/h1-6H;1-6H. The minimum absolute atomic E-state index is 0.360. The Bertz CT molecular complexity index is 1050. The summed E-state index contributed by atoms with van der Waals surface area (Å²) >= 11 is 1.79. The van der Waals surface area contributed by atoms with Crippen molar-refractivity contribution in [1.29, 1.82) is 0 Å². The Labute approximate surface area is 142 Å². The number of hydrogen-bond donors (Lipinski definition) is 0. The molecule has 0 fully saturated rings. The maximum Gasteiger partial charge on any atom is 0.347 e. The van der Waals surface area contributed by atoms with Gasteiger partial charge in [-0.05, 0) is 39.7 Å². The van der Waals surface area contributed by atoms with Gasteiger partial charge in [-0.15, -0.1) is 11.3 Å². The van der Waals surface area contributed by atoms with Crippen LogP contribution in [-0.4, -0.2) is 11.9 Å². The summed E-state index contributed by atoms with van der Waals surface area (Å²) in [5.41, 5.74) is 0.747. The number of cyclic esters (lactones) is 2. The SMILES string of the molecule is O=C1OC(=O)c2c1ccc1ccccc21.c1ccc2sccc2c1. The summed E-state index contributed by atoms with van der Waals surface area (Å²) in [5, 5.41) is 5.17. The number of benzene rings is 3. The van der Waals surface area contributed by atoms with E-state index in [0.717, 1.165) is 10.8 Å². The minimum atomic E-state index is -0.555. The summed E-state index contributed by atoms with van der Waals surface area (Å²) in [4.78, 5) is 22.7. The van der Waals surface area contributed by atoms with E-state index >= 15 is 0 Å². The third kappa shape index (κ3) is 2.47. The second-order valence-corrected chi connectivity index (χ2v) is 6.29. The molecule has 2 heterocycles. The lowest BCUT2D eigenvalue weighted by Gasteiger charge is -1.99. The van der Waals surface area contributed by atoms with Crippen LogP contribution in [0.3, 0.4) is 0 Å². The highest BCUT2D eigenvalue weighted by molar-refractivity contribution is 7.17. The quantitative estimate of drug-likeness (QED) is 0.334. The molecule has 0 amide bonds. The molecule has 0 radical (unpaired) electrons. The maximum atomic E-state index is 11.4. The second-order valence-electron chi connectivity index (χ2n) is 5.34. The monoisotopic (exact) mass is 332 g/mol. The van der Waals surface area contributed by atoms with Crippen molar-refractivity contribution in [3.05, 3.63) is 83.2 Å². The van der Waals surface area contributed by atoms with E-state index in [0.29, 0.717) is 11.1 Å². The van der Waals surface area contributed by atoms with Crippen molar-refractivity contribution in [3.63, 3.8) is 0 Å². The fourth-order valence-corrected chi connectivity index (χ4v) is 3.55. The van der Waals surface area contributed by atoms with Crippen LogP contribution in [-0.2, 0) is 4.74 Å². The first-order chi connectivity index (χ1) is 11.7. The van der Waals surface area contributed by atoms with Crippen LogP contribution >= 0.6 is 11.3 Å². The fraction of sp³-hybridized carbons (Fsp3) is 0. The van der Waals surface area contributed by atoms with Crippen LogP contribution in [0, 0.1) is 0 Å². The van der Waals surface area contributed by atoms with E-state index in [-0.39, 0.29) is 0 Å². The van der Waals surface area contributed by atoms with Crippen LogP contribution in [0.1, 0.15) is 20.7 Å². The number of esters is 2. The summed E-state index contributed by atoms with van der Waals surface area (Å²) in [6.45, 7) is 0. The van der Waals surface area contributed by atoms with Crippen LogP contribution in [0.25, 0.3) is 20.9 Å². The number of thiophene rings is 1. The van der Waals surface area contributed by atoms with Crippen molar-refractivity contribution in [1.82, 2.24) is 0 Å². The third-order valence-corrected chi connectivity index (χ3v) is 4.80. The second kappa shape index (κ2) is 5.91. The van der Waals surface area contributed by atoms with E-state index in [9.17, 15) is 9.59 Å². The molecule has 24 heavy (non-hydrogen) atoms. The van der Waals surface area contributed by atoms with Gasteiger partial charge in [-0.25, -0.2) is 9.59 Å². The molecule has 0 aliphatic carbocycles. The minimum Gasteiger partial charge on any atom is -0.386 e. The molecule has 1 aliphatic rings. The number of fused-ring (bicyclic) bond motifs is 4. The van der Waals surface area contributed by atoms with Gasteiger partial charge in [0.25, 0.3) is 0 Å². The zero-order valence-electron chi connectivity index (χ0n) is 12.6. The first-order valence-electron chi connectivity index (χ1n) is 7.44. The molecular formula is C20H12O3S. The van der Waals surface area contributed by atoms with E-state index < -0.39 is 11.9 Å². The van der Waals surface area contributed by atoms with Gasteiger partial charge in [-0.1, -0.05) is 48.5 Å². The molecule has 3 nitrogen and oxygen atoms in total. The first kappa shape index (κ1) is 14.6. The van der Waals surface area contributed by atoms with Crippen LogP contribution in [0.5, 0.6) is 0 Å². The number of carbonyl (C=O) groups is 2. The molecule has 4 aromatic rings. The lowest BCUT2D eigenvalue weighted by molar-refractivity contribution is 0.0444. The Balaban J connectivity index is 0.000000138. The molecule has 0 saturated heterocycles. The molecule has 3 aromatic carbocycles. The summed E-state index contributed by atoms with van der Waals surface area (Å²) in [7, 11) is 0. The average molecular weight is 332 g/mol. The summed E-state index contributed by atoms with van der Waals surface area (Å²) in [6, 6.07) is 21.4. The highest BCUT2D eigenvalue weighted by atomic mass is 32.1. The van der Waals surface area contributed by atoms with Crippen molar-refractivity contribution >= 4 is 44.1 Å². The largest absolute Gasteiger partial charge is 0.386 e. The average Bonchev–Trinajstić information content (AvgIpc) is 3.20. The molecule has 116 valence electrons. The van der Waals surface area contributed by atoms with E-state index in [2.05, 4.69) is 40.4 Å². The third-order valence-electron chi connectivity index (χ3n) is 3.90. The number of ether oxygens (including phenoxy) is 1. The number of carbonyl (C=O) groups excluding carboxylic acids is 2. The topological polar surface area (TPSA) is 43.4 Å². The molecule has 0 spiro atoms. The van der Waals surface area contributed by atoms with E-state index in [4.69, 9.17) is 0 Å². The van der Waals surface area contributed by atoms with Crippen LogP contribution in [0.2, 0.25) is 0 Å². The van der Waals surface area contributed by atoms with Crippen LogP contribution in [0.4, 0.5) is 0 Å². The van der Waals surface area contributed by atoms with Crippen molar-refractivity contribution in [2.24, 2.45) is 0 Å². The van der Waals surface area contributed by atoms with Gasteiger partial charge in [0.1, 0.15) is 0 Å². The molecule has 0 bridgehead atoms. The van der Waals surface area contributed by atoms with E-state index in [1.165, 1.54) is 10.1 Å². The van der Waals surface area contributed by atoms with E-state index in [1.54, 1.807) is 17.4 Å². The van der Waals surface area contributed by atoms with Crippen LogP contribution in [0.15, 0.2) is 72.1 Å². The molecule has 0 saturated carbocycles. The Morgan fingerprint density at radius 3 is 2.29 bits per heavy atom. The number of rotatable bonds is 0. The van der Waals surface area contributed by atoms with Gasteiger partial charge in [0.15, 0.2) is 0 Å². The lowest BCUT2D eigenvalue weighted by Crippen LogP contribution is -1.97. The molecule has 0 atom stereocenters. The maximum absolute atomic E-state index is 11.4. The van der Waals surface area contributed by atoms with E-state index in [1.807, 2.05) is 30.3 Å². The number of hydrogen-bond acceptors (Lipinski definition) is 4. The highest BCUT2D eigenvalue weighted by Gasteiger charge is 2.31. The van der Waals surface area contributed by atoms with Gasteiger partial charge in [-0.3, -0.25) is 0 Å². The smallest absolute Gasteiger partial charge is 0.347 e. The first-order valence-corrected chi connectivity index (χ1v) is 8.32. The van der Waals surface area contributed by atoms with Crippen molar-refractivity contribution in [2.45, 2.75) is 0 Å². The van der Waals surface area contributed by atoms with Gasteiger partial charge in [-0.2, -0.15) is 0 Å². The van der Waals surface area contributed by atoms with Crippen molar-refractivity contribution in [3.8, 4) is 0 Å². The molecular weight excluding hydrogens is 320 g/mol. The molecule has 4 heteroatoms. The summed E-state index contributed by atoms with van der Waals surface area (Å²) < 4.78 is 5.93. The zero-order chi connectivity index (χ0) is 16.5. The normalized spacial score (nSPS) is 12.7. The highest BCUT2D eigenvalue weighted by Crippen LogP contribution is 2.28. The molecule has 0 unspecified atom stereocenters. The fourth-order valence-electron chi connectivity index (χ4n) is 2.76. The Hall–Kier alpha value is -2.98. The lowest BCUT2D eigenvalue weighted by atomic mass is 10.0. The van der Waals surface area contributed by atoms with Crippen LogP contribution < -0.4 is 0 Å². The molecule has 0 N–H and O–H groups in total. The van der Waals surface area contributed by atoms with Crippen molar-refractivity contribution in [2.75, 3.05) is 0 Å². The Kier molecular flexibility index (Phi) is 3.59. The molecule has 1 aromatic heterocycles. The summed E-state index contributed by atoms with van der Waals surface area (Å²) in [6.07, 6.45) is 0. The predicted octanol–water partition coefficient (Wildman–Crippen LogP) is 5.05. The Morgan fingerprint density at radius 2 is 1.46 bits per heavy atom. The van der Waals surface area contributed by atoms with Gasteiger partial charge in [0, 0.05) is 4.70 Å². The zero-order valence-corrected chi connectivity index (χ0v) is 13.4. The molecule has 5 rings (SSSR count). The Morgan fingerprint density at radius 1 is 0.708 bits per heavy atom. The predicted molar refractivity (Wildman–Crippen MR) is 95.5 cm³/mol. The van der Waals surface area contributed by atoms with Gasteiger partial charge in [0.2, 0.25) is 0 Å². The molecule has 1 aliphatic heterocycles. The van der Waals surface area contributed by atoms with Gasteiger partial charge < -0.3 is 4.74 Å². The van der Waals surface area contributed by atoms with Gasteiger partial charge >= 0.3 is 11.9 Å². The van der Waals surface area contributed by atoms with Crippen molar-refractivity contribution < 1.29 is 14.3 Å². The summed E-state index contributed by atoms with van der Waals surface area (Å²) in [5.74, 6) is -1.10. The van der Waals surface area contributed by atoms with Gasteiger partial charge in [0.05, 0.1) is 11.1 Å².